The number of methoxy groups -OCH3 is 2. The maximum absolute atomic E-state index is 15.9. The van der Waals surface area contributed by atoms with Crippen LogP contribution in [0.25, 0.3) is 11.3 Å². The molecule has 1 aliphatic rings. The first-order valence-electron chi connectivity index (χ1n) is 15.9. The molecular formula is C35H34ClF2N5O7S2. The number of aromatic nitrogens is 4. The molecule has 6 rings (SSSR count). The third-order valence-electron chi connectivity index (χ3n) is 8.19. The smallest absolute Gasteiger partial charge is 0.410 e. The summed E-state index contributed by atoms with van der Waals surface area (Å²) in [5.74, 6) is -1.99. The monoisotopic (exact) mass is 773 g/mol. The molecule has 1 unspecified atom stereocenters. The van der Waals surface area contributed by atoms with E-state index in [2.05, 4.69) is 14.5 Å². The molecule has 0 bridgehead atoms. The third-order valence-corrected chi connectivity index (χ3v) is 11.4. The van der Waals surface area contributed by atoms with Crippen LogP contribution in [0.4, 0.5) is 13.6 Å². The average Bonchev–Trinajstić information content (AvgIpc) is 3.77. The van der Waals surface area contributed by atoms with Crippen molar-refractivity contribution in [3.63, 3.8) is 0 Å². The van der Waals surface area contributed by atoms with Gasteiger partial charge in [-0.25, -0.2) is 27.0 Å². The minimum Gasteiger partial charge on any atom is -0.497 e. The average molecular weight is 774 g/mol. The number of carbonyl (C=O) groups is 1. The highest BCUT2D eigenvalue weighted by atomic mass is 35.5. The van der Waals surface area contributed by atoms with Gasteiger partial charge in [0.2, 0.25) is 0 Å². The van der Waals surface area contributed by atoms with Crippen LogP contribution in [0.5, 0.6) is 23.0 Å². The number of likely N-dealkylation sites (tertiary alicyclic amines) is 1. The lowest BCUT2D eigenvalue weighted by Gasteiger charge is -2.40. The molecule has 2 aromatic heterocycles. The second-order valence-corrected chi connectivity index (χ2v) is 16.2. The molecule has 0 radical (unpaired) electrons. The van der Waals surface area contributed by atoms with Crippen molar-refractivity contribution in [3.8, 4) is 34.3 Å². The Kier molecular flexibility index (Phi) is 10.4. The Bertz CT molecular complexity index is 2210. The molecule has 1 saturated heterocycles. The van der Waals surface area contributed by atoms with E-state index in [9.17, 15) is 13.2 Å². The Balaban J connectivity index is 1.29. The van der Waals surface area contributed by atoms with Gasteiger partial charge in [-0.15, -0.1) is 0 Å². The van der Waals surface area contributed by atoms with Gasteiger partial charge >= 0.3 is 6.09 Å². The molecular weight excluding hydrogens is 740 g/mol. The van der Waals surface area contributed by atoms with Crippen LogP contribution in [0.15, 0.2) is 72.0 Å². The van der Waals surface area contributed by atoms with E-state index in [4.69, 9.17) is 30.5 Å². The Morgan fingerprint density at radius 2 is 1.77 bits per heavy atom. The number of ether oxygens (including phenoxy) is 4. The van der Waals surface area contributed by atoms with Gasteiger partial charge in [0, 0.05) is 42.0 Å². The van der Waals surface area contributed by atoms with Crippen molar-refractivity contribution in [3.05, 3.63) is 94.3 Å². The van der Waals surface area contributed by atoms with Gasteiger partial charge < -0.3 is 23.8 Å². The SMILES string of the molecule is COc1ccc(CC(c2ncns2)S(=O)(=O)c2cc(F)c(Oc3ccc(Cl)cc3-c3ccnn3C3CN(C(=O)OC(C)(C)C)C3)cc2F)c(OC)c1. The quantitative estimate of drug-likeness (QED) is 0.131. The number of amides is 1. The van der Waals surface area contributed by atoms with Crippen molar-refractivity contribution in [2.75, 3.05) is 27.3 Å². The number of nitrogens with zero attached hydrogens (tertiary/aromatic N) is 5. The first-order valence-corrected chi connectivity index (χ1v) is 18.6. The second kappa shape index (κ2) is 14.7. The van der Waals surface area contributed by atoms with E-state index in [-0.39, 0.29) is 23.2 Å². The fourth-order valence-electron chi connectivity index (χ4n) is 5.65. The van der Waals surface area contributed by atoms with Crippen LogP contribution in [0, 0.1) is 11.6 Å². The molecule has 274 valence electrons. The van der Waals surface area contributed by atoms with Crippen LogP contribution in [-0.2, 0) is 21.0 Å². The molecule has 3 aromatic carbocycles. The molecule has 0 saturated carbocycles. The van der Waals surface area contributed by atoms with Gasteiger partial charge in [0.15, 0.2) is 21.4 Å². The summed E-state index contributed by atoms with van der Waals surface area (Å²) in [7, 11) is -1.70. The van der Waals surface area contributed by atoms with E-state index in [1.54, 1.807) is 66.9 Å². The standard InChI is InChI=1S/C35H34ClF2N5O7S2/c1-35(2,3)50-34(44)42-17-22(18-42)43-27(10-11-40-43)24-13-21(36)7-9-28(24)49-30-15-26(38)31(16-25(30)37)52(45,46)32(33-39-19-41-51-33)12-20-6-8-23(47-4)14-29(20)48-5/h6-11,13-16,19,22,32H,12,17-18H2,1-5H3. The second-order valence-electron chi connectivity index (χ2n) is 12.9. The zero-order chi connectivity index (χ0) is 37.4. The molecule has 1 aliphatic heterocycles. The minimum absolute atomic E-state index is 0.0844. The number of carbonyl (C=O) groups excluding carboxylic acids is 1. The van der Waals surface area contributed by atoms with E-state index >= 15 is 8.78 Å². The van der Waals surface area contributed by atoms with Gasteiger partial charge in [-0.2, -0.15) is 9.47 Å². The summed E-state index contributed by atoms with van der Waals surface area (Å²) in [4.78, 5) is 17.3. The summed E-state index contributed by atoms with van der Waals surface area (Å²) < 4.78 is 87.6. The molecule has 1 fully saturated rings. The number of hydrogen-bond donors (Lipinski definition) is 0. The van der Waals surface area contributed by atoms with Gasteiger partial charge in [-0.1, -0.05) is 17.7 Å². The zero-order valence-corrected chi connectivity index (χ0v) is 31.1. The largest absolute Gasteiger partial charge is 0.497 e. The van der Waals surface area contributed by atoms with Crippen LogP contribution in [0.2, 0.25) is 5.02 Å². The number of rotatable bonds is 11. The molecule has 0 aliphatic carbocycles. The summed E-state index contributed by atoms with van der Waals surface area (Å²) >= 11 is 7.19. The van der Waals surface area contributed by atoms with Crippen molar-refractivity contribution in [2.24, 2.45) is 0 Å². The Hall–Kier alpha value is -4.80. The molecule has 1 amide bonds. The maximum atomic E-state index is 15.9. The van der Waals surface area contributed by atoms with Gasteiger partial charge in [-0.05, 0) is 80.7 Å². The maximum Gasteiger partial charge on any atom is 0.410 e. The lowest BCUT2D eigenvalue weighted by atomic mass is 10.1. The minimum atomic E-state index is -4.60. The molecule has 12 nitrogen and oxygen atoms in total. The van der Waals surface area contributed by atoms with E-state index in [0.29, 0.717) is 58.6 Å². The number of sulfone groups is 1. The van der Waals surface area contributed by atoms with Crippen LogP contribution in [0.1, 0.15) is 42.6 Å². The van der Waals surface area contributed by atoms with Gasteiger partial charge in [0.1, 0.15) is 50.1 Å². The summed E-state index contributed by atoms with van der Waals surface area (Å²) in [5.41, 5.74) is 0.777. The van der Waals surface area contributed by atoms with Crippen LogP contribution < -0.4 is 14.2 Å². The predicted molar refractivity (Wildman–Crippen MR) is 189 cm³/mol. The van der Waals surface area contributed by atoms with Gasteiger partial charge in [0.05, 0.1) is 26.0 Å². The highest BCUT2D eigenvalue weighted by molar-refractivity contribution is 7.91. The first kappa shape index (κ1) is 37.0. The summed E-state index contributed by atoms with van der Waals surface area (Å²) in [5, 5.41) is 3.43. The van der Waals surface area contributed by atoms with Gasteiger partial charge in [0.25, 0.3) is 0 Å². The number of benzene rings is 3. The highest BCUT2D eigenvalue weighted by Crippen LogP contribution is 2.41. The molecule has 1 atom stereocenters. The Morgan fingerprint density at radius 3 is 2.44 bits per heavy atom. The fourth-order valence-corrected chi connectivity index (χ4v) is 8.46. The van der Waals surface area contributed by atoms with Gasteiger partial charge in [-0.3, -0.25) is 4.68 Å². The Morgan fingerprint density at radius 1 is 1.00 bits per heavy atom. The summed E-state index contributed by atoms with van der Waals surface area (Å²) in [6.07, 6.45) is 2.13. The van der Waals surface area contributed by atoms with Crippen molar-refractivity contribution < 1.29 is 40.9 Å². The van der Waals surface area contributed by atoms with Crippen LogP contribution >= 0.6 is 23.1 Å². The van der Waals surface area contributed by atoms with E-state index in [0.717, 1.165) is 11.5 Å². The molecule has 0 spiro atoms. The molecule has 3 heterocycles. The lowest BCUT2D eigenvalue weighted by molar-refractivity contribution is -0.000191. The van der Waals surface area contributed by atoms with Crippen molar-refractivity contribution >= 4 is 39.1 Å². The normalized spacial score (nSPS) is 14.1. The third kappa shape index (κ3) is 7.68. The molecule has 5 aromatic rings. The highest BCUT2D eigenvalue weighted by Gasteiger charge is 2.38. The topological polar surface area (TPSA) is 135 Å². The lowest BCUT2D eigenvalue weighted by Crippen LogP contribution is -2.52. The number of hydrogen-bond acceptors (Lipinski definition) is 11. The van der Waals surface area contributed by atoms with E-state index < -0.39 is 49.1 Å². The summed E-state index contributed by atoms with van der Waals surface area (Å²) in [6.45, 7) is 6.02. The molecule has 52 heavy (non-hydrogen) atoms. The Labute approximate surface area is 307 Å². The predicted octanol–water partition coefficient (Wildman–Crippen LogP) is 7.69. The van der Waals surface area contributed by atoms with Crippen molar-refractivity contribution in [1.82, 2.24) is 24.0 Å². The summed E-state index contributed by atoms with van der Waals surface area (Å²) in [6, 6.07) is 12.2. The van der Waals surface area contributed by atoms with Crippen LogP contribution in [-0.4, -0.2) is 71.5 Å². The molecule has 17 heteroatoms. The van der Waals surface area contributed by atoms with Crippen LogP contribution in [0.3, 0.4) is 0 Å². The number of halogens is 3. The zero-order valence-electron chi connectivity index (χ0n) is 28.7. The van der Waals surface area contributed by atoms with Crippen molar-refractivity contribution in [1.29, 1.82) is 0 Å². The fraction of sp³-hybridized carbons (Fsp3) is 0.314. The first-order chi connectivity index (χ1) is 24.7. The van der Waals surface area contributed by atoms with E-state index in [1.165, 1.54) is 32.7 Å². The van der Waals surface area contributed by atoms with Crippen molar-refractivity contribution in [2.45, 2.75) is 49.0 Å². The molecule has 0 N–H and O–H groups in total. The van der Waals surface area contributed by atoms with E-state index in [1.807, 2.05) is 0 Å².